The zero-order valence-corrected chi connectivity index (χ0v) is 34.4. The molecule has 1 amide bonds. The van der Waals surface area contributed by atoms with Crippen LogP contribution in [0.15, 0.2) is 97.5 Å². The van der Waals surface area contributed by atoms with E-state index < -0.39 is 32.6 Å². The lowest BCUT2D eigenvalue weighted by Crippen LogP contribution is -2.39. The SMILES string of the molecule is [C-]#[N+]CCOP(OC1C[C@H](n2ccc3c(NC(C)=O)ncnc32)O[C@@H]1COC(c1ccccc1)(c1ccc(OC)cc1)c1ccc(OC)cc1)N(C(C)C)C(C)C. The highest BCUT2D eigenvalue weighted by Crippen LogP contribution is 2.51. The quantitative estimate of drug-likeness (QED) is 0.0401. The molecule has 0 aliphatic carbocycles. The number of ether oxygens (including phenoxy) is 4. The second-order valence-electron chi connectivity index (χ2n) is 14.2. The van der Waals surface area contributed by atoms with Gasteiger partial charge in [0.05, 0.1) is 32.3 Å². The third kappa shape index (κ3) is 9.29. The standard InChI is InChI=1S/C43H51N6O7P/c1-29(2)49(30(3)4)57(54-25-23-44-6)56-38-26-40(48-24-22-37-41(47-31(5)50)45-28-46-42(37)48)55-39(38)27-53-43(32-12-10-9-11-13-32,33-14-18-35(51-7)19-15-33)34-16-20-36(52-8)21-17-34/h9-22,24,28-30,38-40H,23,25-27H2,1-5,7-8H3,(H,45,46,47,50)/t38?,39-,40-,57?/m1/s1. The molecule has 4 atom stereocenters. The molecule has 0 radical (unpaired) electrons. The first-order chi connectivity index (χ1) is 27.6. The molecule has 3 aromatic carbocycles. The van der Waals surface area contributed by atoms with Crippen LogP contribution >= 0.6 is 8.53 Å². The van der Waals surface area contributed by atoms with E-state index >= 15 is 0 Å². The number of nitrogens with zero attached hydrogens (tertiary/aromatic N) is 5. The van der Waals surface area contributed by atoms with Crippen molar-refractivity contribution in [2.75, 3.05) is 39.3 Å². The maximum Gasteiger partial charge on any atom is 0.259 e. The van der Waals surface area contributed by atoms with E-state index in [9.17, 15) is 4.79 Å². The first kappa shape index (κ1) is 41.7. The Kier molecular flexibility index (Phi) is 13.9. The number of nitrogens with one attached hydrogen (secondary N) is 1. The molecule has 1 N–H and O–H groups in total. The molecule has 0 bridgehead atoms. The van der Waals surface area contributed by atoms with Crippen LogP contribution in [0.3, 0.4) is 0 Å². The number of aromatic nitrogens is 3. The van der Waals surface area contributed by atoms with Crippen molar-refractivity contribution >= 4 is 31.3 Å². The minimum atomic E-state index is -1.62. The molecule has 5 aromatic rings. The third-order valence-corrected chi connectivity index (χ3v) is 12.0. The zero-order valence-electron chi connectivity index (χ0n) is 33.5. The van der Waals surface area contributed by atoms with Crippen molar-refractivity contribution in [2.45, 2.75) is 77.2 Å². The summed E-state index contributed by atoms with van der Waals surface area (Å²) in [6, 6.07) is 28.0. The van der Waals surface area contributed by atoms with E-state index in [1.165, 1.54) is 13.3 Å². The van der Waals surface area contributed by atoms with Crippen LogP contribution in [0.4, 0.5) is 5.82 Å². The average molecular weight is 795 g/mol. The van der Waals surface area contributed by atoms with Gasteiger partial charge in [0.2, 0.25) is 12.5 Å². The van der Waals surface area contributed by atoms with Gasteiger partial charge in [-0.2, -0.15) is 0 Å². The van der Waals surface area contributed by atoms with Gasteiger partial charge >= 0.3 is 0 Å². The van der Waals surface area contributed by atoms with Crippen LogP contribution in [0.1, 0.15) is 64.0 Å². The summed E-state index contributed by atoms with van der Waals surface area (Å²) in [6.45, 7) is 17.9. The van der Waals surface area contributed by atoms with Gasteiger partial charge < -0.3 is 42.7 Å². The van der Waals surface area contributed by atoms with Crippen LogP contribution in [0.25, 0.3) is 15.9 Å². The van der Waals surface area contributed by atoms with Gasteiger partial charge in [-0.1, -0.05) is 54.6 Å². The number of methoxy groups -OCH3 is 2. The molecular formula is C43H51N6O7P. The Morgan fingerprint density at radius 2 is 1.56 bits per heavy atom. The first-order valence-electron chi connectivity index (χ1n) is 19.0. The zero-order chi connectivity index (χ0) is 40.5. The first-order valence-corrected chi connectivity index (χ1v) is 20.2. The maximum absolute atomic E-state index is 12.0. The van der Waals surface area contributed by atoms with E-state index in [0.717, 1.165) is 28.2 Å². The summed E-state index contributed by atoms with van der Waals surface area (Å²) in [4.78, 5) is 24.4. The van der Waals surface area contributed by atoms with Crippen LogP contribution in [-0.2, 0) is 28.9 Å². The van der Waals surface area contributed by atoms with E-state index in [1.807, 2.05) is 83.6 Å². The number of carbonyl (C=O) groups is 1. The molecule has 1 aliphatic heterocycles. The fraction of sp³-hybridized carbons (Fsp3) is 0.395. The predicted molar refractivity (Wildman–Crippen MR) is 220 cm³/mol. The lowest BCUT2D eigenvalue weighted by Gasteiger charge is -2.39. The minimum Gasteiger partial charge on any atom is -0.497 e. The van der Waals surface area contributed by atoms with Crippen LogP contribution in [0, 0.1) is 6.57 Å². The Morgan fingerprint density at radius 3 is 2.12 bits per heavy atom. The summed E-state index contributed by atoms with van der Waals surface area (Å²) in [5.74, 6) is 1.64. The molecule has 57 heavy (non-hydrogen) atoms. The summed E-state index contributed by atoms with van der Waals surface area (Å²) in [5.41, 5.74) is 2.21. The number of rotatable bonds is 18. The molecule has 300 valence electrons. The van der Waals surface area contributed by atoms with Gasteiger partial charge in [-0.25, -0.2) is 21.2 Å². The lowest BCUT2D eigenvalue weighted by molar-refractivity contribution is -0.114. The number of anilines is 1. The number of carbonyl (C=O) groups excluding carboxylic acids is 1. The monoisotopic (exact) mass is 794 g/mol. The van der Waals surface area contributed by atoms with E-state index in [-0.39, 0.29) is 37.7 Å². The van der Waals surface area contributed by atoms with Gasteiger partial charge in [0, 0.05) is 31.6 Å². The summed E-state index contributed by atoms with van der Waals surface area (Å²) in [6.07, 6.45) is 2.17. The van der Waals surface area contributed by atoms with Gasteiger partial charge in [-0.15, -0.1) is 0 Å². The second-order valence-corrected chi connectivity index (χ2v) is 15.6. The Balaban J connectivity index is 1.43. The number of hydrogen-bond donors (Lipinski definition) is 1. The van der Waals surface area contributed by atoms with E-state index in [2.05, 4.69) is 64.6 Å². The smallest absolute Gasteiger partial charge is 0.259 e. The van der Waals surface area contributed by atoms with E-state index in [0.29, 0.717) is 23.3 Å². The molecule has 0 saturated carbocycles. The topological polar surface area (TPSA) is 123 Å². The van der Waals surface area contributed by atoms with Crippen molar-refractivity contribution in [1.29, 1.82) is 0 Å². The van der Waals surface area contributed by atoms with Gasteiger partial charge in [0.1, 0.15) is 53.8 Å². The van der Waals surface area contributed by atoms with Crippen molar-refractivity contribution in [3.8, 4) is 11.5 Å². The highest BCUT2D eigenvalue weighted by atomic mass is 31.2. The fourth-order valence-corrected chi connectivity index (χ4v) is 9.04. The lowest BCUT2D eigenvalue weighted by atomic mass is 9.80. The number of fused-ring (bicyclic) bond motifs is 1. The van der Waals surface area contributed by atoms with E-state index in [1.54, 1.807) is 14.2 Å². The van der Waals surface area contributed by atoms with Crippen molar-refractivity contribution < 1.29 is 32.8 Å². The molecule has 6 rings (SSSR count). The van der Waals surface area contributed by atoms with Crippen molar-refractivity contribution in [2.24, 2.45) is 0 Å². The molecule has 3 heterocycles. The van der Waals surface area contributed by atoms with Gasteiger partial charge in [0.25, 0.3) is 8.53 Å². The maximum atomic E-state index is 12.0. The van der Waals surface area contributed by atoms with Crippen LogP contribution in [0.5, 0.6) is 11.5 Å². The molecule has 1 fully saturated rings. The highest BCUT2D eigenvalue weighted by Gasteiger charge is 2.45. The Morgan fingerprint density at radius 1 is 0.947 bits per heavy atom. The second kappa shape index (κ2) is 19.0. The minimum absolute atomic E-state index is 0.102. The van der Waals surface area contributed by atoms with Crippen LogP contribution in [-0.4, -0.2) is 83.4 Å². The fourth-order valence-electron chi connectivity index (χ4n) is 7.29. The van der Waals surface area contributed by atoms with E-state index in [4.69, 9.17) is 34.6 Å². The van der Waals surface area contributed by atoms with Gasteiger partial charge in [0.15, 0.2) is 0 Å². The summed E-state index contributed by atoms with van der Waals surface area (Å²) < 4.78 is 43.0. The average Bonchev–Trinajstić information content (AvgIpc) is 3.83. The number of benzene rings is 3. The molecule has 13 nitrogen and oxygen atoms in total. The summed E-state index contributed by atoms with van der Waals surface area (Å²) in [7, 11) is 1.68. The van der Waals surface area contributed by atoms with Crippen LogP contribution < -0.4 is 14.8 Å². The molecule has 1 saturated heterocycles. The summed E-state index contributed by atoms with van der Waals surface area (Å²) in [5, 5.41) is 3.49. The molecule has 1 aliphatic rings. The number of amides is 1. The molecule has 2 aromatic heterocycles. The number of hydrogen-bond acceptors (Lipinski definition) is 10. The molecule has 14 heteroatoms. The highest BCUT2D eigenvalue weighted by molar-refractivity contribution is 7.44. The Bertz CT molecular complexity index is 2050. The van der Waals surface area contributed by atoms with Crippen LogP contribution in [0.2, 0.25) is 0 Å². The Labute approximate surface area is 336 Å². The third-order valence-electron chi connectivity index (χ3n) is 9.81. The Hall–Kier alpha value is -4.93. The van der Waals surface area contributed by atoms with Gasteiger partial charge in [-0.3, -0.25) is 4.79 Å². The van der Waals surface area contributed by atoms with Crippen molar-refractivity contribution in [3.05, 3.63) is 126 Å². The predicted octanol–water partition coefficient (Wildman–Crippen LogP) is 8.37. The largest absolute Gasteiger partial charge is 0.497 e. The molecule has 2 unspecified atom stereocenters. The van der Waals surface area contributed by atoms with Crippen molar-refractivity contribution in [3.63, 3.8) is 0 Å². The normalized spacial score (nSPS) is 17.6. The molecular weight excluding hydrogens is 743 g/mol. The molecule has 0 spiro atoms. The van der Waals surface area contributed by atoms with Crippen molar-refractivity contribution in [1.82, 2.24) is 19.2 Å². The summed E-state index contributed by atoms with van der Waals surface area (Å²) >= 11 is 0. The van der Waals surface area contributed by atoms with Gasteiger partial charge in [-0.05, 0) is 74.7 Å².